The SMILES string of the molecule is Nc1nc2c(O)cc(C#CCCc3ccccc3)cc2s1. The van der Waals surface area contributed by atoms with E-state index in [4.69, 9.17) is 5.73 Å². The lowest BCUT2D eigenvalue weighted by Gasteiger charge is -1.96. The second kappa shape index (κ2) is 5.86. The fourth-order valence-corrected chi connectivity index (χ4v) is 2.91. The van der Waals surface area contributed by atoms with Gasteiger partial charge in [-0.25, -0.2) is 4.98 Å². The summed E-state index contributed by atoms with van der Waals surface area (Å²) in [6.07, 6.45) is 1.71. The van der Waals surface area contributed by atoms with Gasteiger partial charge >= 0.3 is 0 Å². The third-order valence-electron chi connectivity index (χ3n) is 3.11. The molecule has 0 fully saturated rings. The Morgan fingerprint density at radius 2 is 2.00 bits per heavy atom. The standard InChI is InChI=1S/C17H14N2OS/c18-17-19-16-14(20)10-13(11-15(16)21-17)9-5-4-8-12-6-2-1-3-7-12/h1-3,6-7,10-11,20H,4,8H2,(H2,18,19). The van der Waals surface area contributed by atoms with Crippen molar-refractivity contribution in [1.82, 2.24) is 4.98 Å². The van der Waals surface area contributed by atoms with E-state index in [-0.39, 0.29) is 5.75 Å². The number of aromatic nitrogens is 1. The Bertz CT molecular complexity index is 828. The Labute approximate surface area is 127 Å². The Morgan fingerprint density at radius 3 is 2.81 bits per heavy atom. The Balaban J connectivity index is 1.75. The number of rotatable bonds is 2. The lowest BCUT2D eigenvalue weighted by Crippen LogP contribution is -1.82. The molecule has 1 heterocycles. The van der Waals surface area contributed by atoms with Crippen LogP contribution in [-0.2, 0) is 6.42 Å². The van der Waals surface area contributed by atoms with Gasteiger partial charge in [0.2, 0.25) is 0 Å². The summed E-state index contributed by atoms with van der Waals surface area (Å²) < 4.78 is 0.861. The van der Waals surface area contributed by atoms with E-state index in [1.807, 2.05) is 24.3 Å². The molecule has 3 aromatic rings. The molecule has 0 aliphatic heterocycles. The quantitative estimate of drug-likeness (QED) is 0.710. The maximum atomic E-state index is 9.92. The topological polar surface area (TPSA) is 59.1 Å². The lowest BCUT2D eigenvalue weighted by atomic mass is 10.1. The molecule has 0 saturated heterocycles. The van der Waals surface area contributed by atoms with Crippen molar-refractivity contribution in [3.8, 4) is 17.6 Å². The highest BCUT2D eigenvalue weighted by Crippen LogP contribution is 2.31. The molecule has 21 heavy (non-hydrogen) atoms. The molecule has 0 atom stereocenters. The molecule has 3 nitrogen and oxygen atoms in total. The average molecular weight is 294 g/mol. The molecule has 0 saturated carbocycles. The average Bonchev–Trinajstić information content (AvgIpc) is 2.86. The highest BCUT2D eigenvalue weighted by Gasteiger charge is 2.07. The van der Waals surface area contributed by atoms with Crippen LogP contribution in [0.2, 0.25) is 0 Å². The van der Waals surface area contributed by atoms with E-state index in [0.717, 1.165) is 23.1 Å². The van der Waals surface area contributed by atoms with Gasteiger partial charge in [-0.15, -0.1) is 0 Å². The van der Waals surface area contributed by atoms with Crippen LogP contribution < -0.4 is 5.73 Å². The number of nitrogens with two attached hydrogens (primary N) is 1. The molecule has 0 spiro atoms. The van der Waals surface area contributed by atoms with Crippen LogP contribution in [0, 0.1) is 11.8 Å². The number of fused-ring (bicyclic) bond motifs is 1. The van der Waals surface area contributed by atoms with E-state index >= 15 is 0 Å². The van der Waals surface area contributed by atoms with Crippen LogP contribution >= 0.6 is 11.3 Å². The van der Waals surface area contributed by atoms with Gasteiger partial charge in [0.15, 0.2) is 5.13 Å². The summed E-state index contributed by atoms with van der Waals surface area (Å²) >= 11 is 1.36. The van der Waals surface area contributed by atoms with Gasteiger partial charge < -0.3 is 10.8 Å². The van der Waals surface area contributed by atoms with E-state index in [9.17, 15) is 5.11 Å². The molecule has 104 valence electrons. The number of anilines is 1. The molecule has 0 amide bonds. The fourth-order valence-electron chi connectivity index (χ4n) is 2.12. The van der Waals surface area contributed by atoms with E-state index in [1.54, 1.807) is 6.07 Å². The maximum absolute atomic E-state index is 9.92. The zero-order chi connectivity index (χ0) is 14.7. The minimum atomic E-state index is 0.132. The van der Waals surface area contributed by atoms with Crippen LogP contribution in [0.3, 0.4) is 0 Å². The molecule has 1 aromatic heterocycles. The fraction of sp³-hybridized carbons (Fsp3) is 0.118. The van der Waals surface area contributed by atoms with Gasteiger partial charge in [-0.05, 0) is 24.1 Å². The van der Waals surface area contributed by atoms with Crippen LogP contribution in [0.4, 0.5) is 5.13 Å². The molecule has 0 unspecified atom stereocenters. The third kappa shape index (κ3) is 3.15. The smallest absolute Gasteiger partial charge is 0.181 e. The largest absolute Gasteiger partial charge is 0.506 e. The van der Waals surface area contributed by atoms with Crippen LogP contribution in [0.5, 0.6) is 5.75 Å². The molecule has 0 aliphatic carbocycles. The highest BCUT2D eigenvalue weighted by molar-refractivity contribution is 7.22. The third-order valence-corrected chi connectivity index (χ3v) is 3.94. The number of phenolic OH excluding ortho intramolecular Hbond substituents is 1. The summed E-state index contributed by atoms with van der Waals surface area (Å²) in [5.41, 5.74) is 8.27. The lowest BCUT2D eigenvalue weighted by molar-refractivity contribution is 0.480. The van der Waals surface area contributed by atoms with Crippen molar-refractivity contribution in [1.29, 1.82) is 0 Å². The van der Waals surface area contributed by atoms with Crippen molar-refractivity contribution in [3.05, 3.63) is 53.6 Å². The van der Waals surface area contributed by atoms with Crippen molar-refractivity contribution in [3.63, 3.8) is 0 Å². The number of aromatic hydroxyl groups is 1. The summed E-state index contributed by atoms with van der Waals surface area (Å²) in [5.74, 6) is 6.36. The summed E-state index contributed by atoms with van der Waals surface area (Å²) in [7, 11) is 0. The van der Waals surface area contributed by atoms with E-state index in [0.29, 0.717) is 10.6 Å². The number of nitrogen functional groups attached to an aromatic ring is 1. The monoisotopic (exact) mass is 294 g/mol. The normalized spacial score (nSPS) is 10.3. The van der Waals surface area contributed by atoms with Crippen molar-refractivity contribution in [2.45, 2.75) is 12.8 Å². The summed E-state index contributed by atoms with van der Waals surface area (Å²) in [6, 6.07) is 13.8. The molecule has 0 bridgehead atoms. The number of benzene rings is 2. The van der Waals surface area contributed by atoms with Crippen molar-refractivity contribution >= 4 is 26.7 Å². The van der Waals surface area contributed by atoms with Crippen LogP contribution in [0.15, 0.2) is 42.5 Å². The van der Waals surface area contributed by atoms with Crippen molar-refractivity contribution in [2.75, 3.05) is 5.73 Å². The first-order chi connectivity index (χ1) is 10.2. The predicted octanol–water partition coefficient (Wildman–Crippen LogP) is 3.57. The Hall–Kier alpha value is -2.51. The number of aryl methyl sites for hydroxylation is 1. The summed E-state index contributed by atoms with van der Waals surface area (Å²) in [6.45, 7) is 0. The van der Waals surface area contributed by atoms with E-state index in [2.05, 4.69) is 29.0 Å². The molecule has 2 aromatic carbocycles. The number of hydrogen-bond acceptors (Lipinski definition) is 4. The first-order valence-corrected chi connectivity index (χ1v) is 7.46. The second-order valence-electron chi connectivity index (χ2n) is 4.68. The van der Waals surface area contributed by atoms with Gasteiger partial charge in [-0.1, -0.05) is 53.5 Å². The number of thiazole rings is 1. The number of nitrogens with zero attached hydrogens (tertiary/aromatic N) is 1. The number of phenols is 1. The van der Waals surface area contributed by atoms with Gasteiger partial charge in [0.05, 0.1) is 4.70 Å². The van der Waals surface area contributed by atoms with Crippen molar-refractivity contribution < 1.29 is 5.11 Å². The zero-order valence-corrected chi connectivity index (χ0v) is 12.2. The first-order valence-electron chi connectivity index (χ1n) is 6.64. The van der Waals surface area contributed by atoms with Gasteiger partial charge in [0, 0.05) is 12.0 Å². The minimum Gasteiger partial charge on any atom is -0.506 e. The second-order valence-corrected chi connectivity index (χ2v) is 5.74. The molecule has 3 N–H and O–H groups in total. The molecule has 4 heteroatoms. The highest BCUT2D eigenvalue weighted by atomic mass is 32.1. The van der Waals surface area contributed by atoms with Gasteiger partial charge in [0.25, 0.3) is 0 Å². The molecule has 0 aliphatic rings. The van der Waals surface area contributed by atoms with Gasteiger partial charge in [-0.3, -0.25) is 0 Å². The number of hydrogen-bond donors (Lipinski definition) is 2. The molecule has 3 rings (SSSR count). The summed E-state index contributed by atoms with van der Waals surface area (Å²) in [5, 5.41) is 10.4. The molecular weight excluding hydrogens is 280 g/mol. The van der Waals surface area contributed by atoms with Crippen LogP contribution in [0.25, 0.3) is 10.2 Å². The van der Waals surface area contributed by atoms with E-state index in [1.165, 1.54) is 16.9 Å². The summed E-state index contributed by atoms with van der Waals surface area (Å²) in [4.78, 5) is 4.09. The molecule has 0 radical (unpaired) electrons. The zero-order valence-electron chi connectivity index (χ0n) is 11.3. The minimum absolute atomic E-state index is 0.132. The van der Waals surface area contributed by atoms with Crippen molar-refractivity contribution in [2.24, 2.45) is 0 Å². The Kier molecular flexibility index (Phi) is 3.76. The maximum Gasteiger partial charge on any atom is 0.181 e. The Morgan fingerprint density at radius 1 is 1.19 bits per heavy atom. The van der Waals surface area contributed by atoms with Gasteiger partial charge in [-0.2, -0.15) is 0 Å². The van der Waals surface area contributed by atoms with Crippen LogP contribution in [-0.4, -0.2) is 10.1 Å². The van der Waals surface area contributed by atoms with Gasteiger partial charge in [0.1, 0.15) is 11.3 Å². The molecular formula is C17H14N2OS. The first kappa shape index (κ1) is 13.5. The predicted molar refractivity (Wildman–Crippen MR) is 87.3 cm³/mol. The van der Waals surface area contributed by atoms with E-state index < -0.39 is 0 Å². The van der Waals surface area contributed by atoms with Crippen LogP contribution in [0.1, 0.15) is 17.5 Å².